The van der Waals surface area contributed by atoms with Gasteiger partial charge in [0.2, 0.25) is 0 Å². The molecule has 0 aliphatic rings. The number of rotatable bonds is 3. The Morgan fingerprint density at radius 2 is 1.44 bits per heavy atom. The van der Waals surface area contributed by atoms with Gasteiger partial charge in [-0.15, -0.1) is 0 Å². The van der Waals surface area contributed by atoms with E-state index in [-0.39, 0.29) is 16.9 Å². The Hall–Kier alpha value is -2.08. The van der Waals surface area contributed by atoms with Gasteiger partial charge in [0.1, 0.15) is 0 Å². The van der Waals surface area contributed by atoms with Gasteiger partial charge in [-0.25, -0.2) is 14.8 Å². The number of hydrogen-bond donors (Lipinski definition) is 1. The topological polar surface area (TPSA) is 82.1 Å². The molecule has 0 aliphatic heterocycles. The van der Waals surface area contributed by atoms with Crippen LogP contribution >= 0.6 is 0 Å². The molecule has 0 aliphatic carbocycles. The Balaban J connectivity index is 3.20. The fourth-order valence-electron chi connectivity index (χ4n) is 1.12. The van der Waals surface area contributed by atoms with E-state index in [1.54, 1.807) is 0 Å². The van der Waals surface area contributed by atoms with E-state index < -0.39 is 11.9 Å². The Labute approximate surface area is 91.3 Å². The van der Waals surface area contributed by atoms with Crippen molar-refractivity contribution in [2.24, 2.45) is 0 Å². The van der Waals surface area contributed by atoms with Crippen LogP contribution in [0.4, 0.5) is 0 Å². The quantitative estimate of drug-likeness (QED) is 0.472. The van der Waals surface area contributed by atoms with Gasteiger partial charge in [0.25, 0.3) is 0 Å². The van der Waals surface area contributed by atoms with Crippen molar-refractivity contribution in [2.75, 3.05) is 14.2 Å². The molecule has 0 spiro atoms. The van der Waals surface area contributed by atoms with Gasteiger partial charge < -0.3 is 14.4 Å². The van der Waals surface area contributed by atoms with Crippen LogP contribution in [0.2, 0.25) is 0 Å². The monoisotopic (exact) mass is 226 g/mol. The highest BCUT2D eigenvalue weighted by Gasteiger charge is 2.14. The maximum Gasteiger partial charge on any atom is 0.338 e. The maximum atomic E-state index is 11.2. The van der Waals surface area contributed by atoms with Crippen LogP contribution < -0.4 is 4.89 Å². The van der Waals surface area contributed by atoms with Crippen LogP contribution in [0, 0.1) is 0 Å². The van der Waals surface area contributed by atoms with Crippen molar-refractivity contribution in [2.45, 2.75) is 0 Å². The van der Waals surface area contributed by atoms with Crippen molar-refractivity contribution in [3.8, 4) is 5.75 Å². The van der Waals surface area contributed by atoms with E-state index in [2.05, 4.69) is 14.4 Å². The number of carbonyl (C=O) groups excluding carboxylic acids is 2. The fourth-order valence-corrected chi connectivity index (χ4v) is 1.12. The standard InChI is InChI=1S/C10H10O6/c1-14-9(11)6-3-7(10(12)15-2)5-8(4-6)16-13/h3-5,13H,1-2H3. The van der Waals surface area contributed by atoms with E-state index >= 15 is 0 Å². The first kappa shape index (κ1) is 12.0. The summed E-state index contributed by atoms with van der Waals surface area (Å²) >= 11 is 0. The third kappa shape index (κ3) is 2.48. The lowest BCUT2D eigenvalue weighted by atomic mass is 10.1. The first-order valence-corrected chi connectivity index (χ1v) is 4.25. The first-order chi connectivity index (χ1) is 7.62. The largest absolute Gasteiger partial charge is 0.465 e. The van der Waals surface area contributed by atoms with E-state index in [4.69, 9.17) is 5.26 Å². The summed E-state index contributed by atoms with van der Waals surface area (Å²) in [6.07, 6.45) is 0. The smallest absolute Gasteiger partial charge is 0.338 e. The van der Waals surface area contributed by atoms with E-state index in [9.17, 15) is 9.59 Å². The second kappa shape index (κ2) is 5.13. The molecule has 6 heteroatoms. The summed E-state index contributed by atoms with van der Waals surface area (Å²) in [4.78, 5) is 26.4. The van der Waals surface area contributed by atoms with Gasteiger partial charge in [0, 0.05) is 0 Å². The Kier molecular flexibility index (Phi) is 3.84. The van der Waals surface area contributed by atoms with Crippen molar-refractivity contribution in [1.82, 2.24) is 0 Å². The van der Waals surface area contributed by atoms with Gasteiger partial charge in [-0.2, -0.15) is 0 Å². The third-order valence-electron chi connectivity index (χ3n) is 1.85. The number of methoxy groups -OCH3 is 2. The molecule has 0 unspecified atom stereocenters. The lowest BCUT2D eigenvalue weighted by Gasteiger charge is -2.05. The summed E-state index contributed by atoms with van der Waals surface area (Å²) in [5, 5.41) is 8.49. The zero-order chi connectivity index (χ0) is 12.1. The van der Waals surface area contributed by atoms with Crippen LogP contribution in [0.5, 0.6) is 5.75 Å². The van der Waals surface area contributed by atoms with Gasteiger partial charge in [-0.1, -0.05) is 0 Å². The van der Waals surface area contributed by atoms with Crippen molar-refractivity contribution < 1.29 is 29.2 Å². The molecule has 0 saturated heterocycles. The Morgan fingerprint density at radius 1 is 1.00 bits per heavy atom. The second-order valence-electron chi connectivity index (χ2n) is 2.82. The SMILES string of the molecule is COC(=O)c1cc(OO)cc(C(=O)OC)c1. The predicted octanol–water partition coefficient (Wildman–Crippen LogP) is 1.11. The third-order valence-corrected chi connectivity index (χ3v) is 1.85. The zero-order valence-electron chi connectivity index (χ0n) is 8.72. The second-order valence-corrected chi connectivity index (χ2v) is 2.82. The van der Waals surface area contributed by atoms with Gasteiger partial charge in [0.15, 0.2) is 5.75 Å². The van der Waals surface area contributed by atoms with Crippen molar-refractivity contribution in [3.63, 3.8) is 0 Å². The molecular weight excluding hydrogens is 216 g/mol. The Morgan fingerprint density at radius 3 is 1.75 bits per heavy atom. The predicted molar refractivity (Wildman–Crippen MR) is 52.4 cm³/mol. The molecule has 0 saturated carbocycles. The molecule has 1 aromatic rings. The molecule has 86 valence electrons. The average Bonchev–Trinajstić information content (AvgIpc) is 2.35. The van der Waals surface area contributed by atoms with Crippen LogP contribution in [-0.2, 0) is 9.47 Å². The highest BCUT2D eigenvalue weighted by molar-refractivity contribution is 5.96. The van der Waals surface area contributed by atoms with Crippen LogP contribution in [-0.4, -0.2) is 31.4 Å². The Bertz CT molecular complexity index is 378. The number of hydrogen-bond acceptors (Lipinski definition) is 6. The van der Waals surface area contributed by atoms with Crippen molar-refractivity contribution >= 4 is 11.9 Å². The van der Waals surface area contributed by atoms with Gasteiger partial charge in [0.05, 0.1) is 25.3 Å². The highest BCUT2D eigenvalue weighted by atomic mass is 17.1. The molecule has 16 heavy (non-hydrogen) atoms. The number of carbonyl (C=O) groups is 2. The minimum atomic E-state index is -0.649. The van der Waals surface area contributed by atoms with Gasteiger partial charge >= 0.3 is 11.9 Å². The van der Waals surface area contributed by atoms with Crippen molar-refractivity contribution in [1.29, 1.82) is 0 Å². The normalized spacial score (nSPS) is 9.44. The van der Waals surface area contributed by atoms with E-state index in [0.717, 1.165) is 0 Å². The van der Waals surface area contributed by atoms with E-state index in [1.165, 1.54) is 32.4 Å². The molecule has 1 N–H and O–H groups in total. The molecule has 0 amide bonds. The van der Waals surface area contributed by atoms with Crippen LogP contribution in [0.25, 0.3) is 0 Å². The highest BCUT2D eigenvalue weighted by Crippen LogP contribution is 2.18. The molecule has 1 aromatic carbocycles. The summed E-state index contributed by atoms with van der Waals surface area (Å²) < 4.78 is 8.95. The lowest BCUT2D eigenvalue weighted by molar-refractivity contribution is -0.137. The summed E-state index contributed by atoms with van der Waals surface area (Å²) in [7, 11) is 2.40. The number of esters is 2. The zero-order valence-corrected chi connectivity index (χ0v) is 8.72. The molecule has 0 atom stereocenters. The van der Waals surface area contributed by atoms with Crippen LogP contribution in [0.3, 0.4) is 0 Å². The van der Waals surface area contributed by atoms with Crippen LogP contribution in [0.1, 0.15) is 20.7 Å². The minimum absolute atomic E-state index is 0.0525. The minimum Gasteiger partial charge on any atom is -0.465 e. The summed E-state index contributed by atoms with van der Waals surface area (Å²) in [6, 6.07) is 3.75. The molecule has 0 radical (unpaired) electrons. The molecule has 0 aromatic heterocycles. The van der Waals surface area contributed by atoms with E-state index in [1.807, 2.05) is 0 Å². The molecule has 0 heterocycles. The van der Waals surface area contributed by atoms with Gasteiger partial charge in [-0.05, 0) is 18.2 Å². The number of benzene rings is 1. The van der Waals surface area contributed by atoms with E-state index in [0.29, 0.717) is 0 Å². The summed E-state index contributed by atoms with van der Waals surface area (Å²) in [6.45, 7) is 0. The van der Waals surface area contributed by atoms with Crippen LogP contribution in [0.15, 0.2) is 18.2 Å². The first-order valence-electron chi connectivity index (χ1n) is 4.25. The molecule has 0 bridgehead atoms. The molecular formula is C10H10O6. The number of ether oxygens (including phenoxy) is 2. The summed E-state index contributed by atoms with van der Waals surface area (Å²) in [5.74, 6) is -1.35. The maximum absolute atomic E-state index is 11.2. The van der Waals surface area contributed by atoms with Gasteiger partial charge in [-0.3, -0.25) is 0 Å². The molecule has 0 fully saturated rings. The lowest BCUT2D eigenvalue weighted by Crippen LogP contribution is -2.07. The average molecular weight is 226 g/mol. The molecule has 6 nitrogen and oxygen atoms in total. The molecule has 1 rings (SSSR count). The van der Waals surface area contributed by atoms with Crippen molar-refractivity contribution in [3.05, 3.63) is 29.3 Å². The summed E-state index contributed by atoms with van der Waals surface area (Å²) in [5.41, 5.74) is 0.156. The fraction of sp³-hybridized carbons (Fsp3) is 0.200.